The Hall–Kier alpha value is -0.570. The Morgan fingerprint density at radius 1 is 1.78 bits per heavy atom. The molecule has 0 aliphatic rings. The average Bonchev–Trinajstić information content (AvgIpc) is 2.34. The summed E-state index contributed by atoms with van der Waals surface area (Å²) in [7, 11) is 1.88. The number of nitrogens with zero attached hydrogens (tertiary/aromatic N) is 1. The fourth-order valence-electron chi connectivity index (χ4n) is 0.597. The molecule has 9 heavy (non-hydrogen) atoms. The van der Waals surface area contributed by atoms with Crippen LogP contribution >= 0.6 is 11.5 Å². The van der Waals surface area contributed by atoms with Gasteiger partial charge in [-0.25, -0.2) is 0 Å². The Labute approximate surface area is 59.1 Å². The zero-order valence-corrected chi connectivity index (χ0v) is 6.46. The number of nitrogens with one attached hydrogen (secondary N) is 1. The van der Waals surface area contributed by atoms with E-state index in [0.29, 0.717) is 0 Å². The largest absolute Gasteiger partial charge is 0.372 e. The topological polar surface area (TPSA) is 24.9 Å². The summed E-state index contributed by atoms with van der Waals surface area (Å²) in [6.07, 6.45) is 1.08. The van der Waals surface area contributed by atoms with Crippen molar-refractivity contribution in [2.75, 3.05) is 12.4 Å². The molecule has 2 nitrogen and oxygen atoms in total. The standard InChI is InChI=1S/C6H10N2S/c1-3-5-4-6(7-2)8-9-5/h4H,3H2,1-2H3,(H,7,8). The first-order chi connectivity index (χ1) is 4.36. The lowest BCUT2D eigenvalue weighted by Crippen LogP contribution is -1.84. The molecule has 0 aliphatic carbocycles. The van der Waals surface area contributed by atoms with E-state index in [-0.39, 0.29) is 0 Å². The third-order valence-corrected chi connectivity index (χ3v) is 2.09. The Morgan fingerprint density at radius 2 is 2.56 bits per heavy atom. The monoisotopic (exact) mass is 142 g/mol. The van der Waals surface area contributed by atoms with E-state index in [1.807, 2.05) is 7.05 Å². The SMILES string of the molecule is CCc1cc(NC)ns1. The highest BCUT2D eigenvalue weighted by Gasteiger charge is 1.94. The second-order valence-corrected chi connectivity index (χ2v) is 2.67. The van der Waals surface area contributed by atoms with Crippen LogP contribution in [0.4, 0.5) is 5.82 Å². The van der Waals surface area contributed by atoms with Crippen LogP contribution in [-0.2, 0) is 6.42 Å². The van der Waals surface area contributed by atoms with Gasteiger partial charge in [-0.2, -0.15) is 4.37 Å². The number of hydrogen-bond acceptors (Lipinski definition) is 3. The number of hydrogen-bond donors (Lipinski definition) is 1. The van der Waals surface area contributed by atoms with E-state index >= 15 is 0 Å². The van der Waals surface area contributed by atoms with Crippen LogP contribution in [0.15, 0.2) is 6.07 Å². The van der Waals surface area contributed by atoms with Gasteiger partial charge in [0.15, 0.2) is 0 Å². The molecule has 0 amide bonds. The first-order valence-corrected chi connectivity index (χ1v) is 3.77. The van der Waals surface area contributed by atoms with Crippen molar-refractivity contribution in [1.82, 2.24) is 4.37 Å². The minimum Gasteiger partial charge on any atom is -0.372 e. The van der Waals surface area contributed by atoms with Gasteiger partial charge in [-0.05, 0) is 24.0 Å². The van der Waals surface area contributed by atoms with Crippen molar-refractivity contribution in [3.05, 3.63) is 10.9 Å². The molecule has 1 N–H and O–H groups in total. The summed E-state index contributed by atoms with van der Waals surface area (Å²) in [5, 5.41) is 2.98. The molecule has 0 bridgehead atoms. The van der Waals surface area contributed by atoms with E-state index in [1.165, 1.54) is 4.88 Å². The molecular weight excluding hydrogens is 132 g/mol. The van der Waals surface area contributed by atoms with Crippen molar-refractivity contribution in [2.24, 2.45) is 0 Å². The zero-order chi connectivity index (χ0) is 6.69. The molecule has 0 fully saturated rings. The lowest BCUT2D eigenvalue weighted by atomic mass is 10.4. The van der Waals surface area contributed by atoms with Gasteiger partial charge in [-0.1, -0.05) is 6.92 Å². The quantitative estimate of drug-likeness (QED) is 0.680. The number of aryl methyl sites for hydroxylation is 1. The second-order valence-electron chi connectivity index (χ2n) is 1.78. The summed E-state index contributed by atoms with van der Waals surface area (Å²) >= 11 is 1.56. The molecule has 3 heteroatoms. The van der Waals surface area contributed by atoms with Crippen molar-refractivity contribution in [1.29, 1.82) is 0 Å². The van der Waals surface area contributed by atoms with Crippen molar-refractivity contribution >= 4 is 17.4 Å². The number of anilines is 1. The molecule has 1 aromatic rings. The van der Waals surface area contributed by atoms with Gasteiger partial charge in [-0.15, -0.1) is 0 Å². The lowest BCUT2D eigenvalue weighted by molar-refractivity contribution is 1.19. The molecule has 0 aromatic carbocycles. The van der Waals surface area contributed by atoms with Crippen molar-refractivity contribution < 1.29 is 0 Å². The van der Waals surface area contributed by atoms with Crippen LogP contribution in [-0.4, -0.2) is 11.4 Å². The highest BCUT2D eigenvalue weighted by molar-refractivity contribution is 7.06. The minimum atomic E-state index is 0.983. The Balaban J connectivity index is 2.74. The fraction of sp³-hybridized carbons (Fsp3) is 0.500. The third-order valence-electron chi connectivity index (χ3n) is 1.16. The number of rotatable bonds is 2. The minimum absolute atomic E-state index is 0.983. The van der Waals surface area contributed by atoms with E-state index in [9.17, 15) is 0 Å². The fourth-order valence-corrected chi connectivity index (χ4v) is 1.25. The maximum absolute atomic E-state index is 4.14. The molecular formula is C6H10N2S. The van der Waals surface area contributed by atoms with E-state index < -0.39 is 0 Å². The van der Waals surface area contributed by atoms with Crippen molar-refractivity contribution in [2.45, 2.75) is 13.3 Å². The van der Waals surface area contributed by atoms with Crippen LogP contribution in [0.5, 0.6) is 0 Å². The van der Waals surface area contributed by atoms with Gasteiger partial charge in [0.25, 0.3) is 0 Å². The van der Waals surface area contributed by atoms with Crippen LogP contribution < -0.4 is 5.32 Å². The summed E-state index contributed by atoms with van der Waals surface area (Å²) < 4.78 is 4.14. The van der Waals surface area contributed by atoms with E-state index in [0.717, 1.165) is 12.2 Å². The molecule has 1 heterocycles. The average molecular weight is 142 g/mol. The molecule has 0 aliphatic heterocycles. The van der Waals surface area contributed by atoms with E-state index in [1.54, 1.807) is 11.5 Å². The first kappa shape index (κ1) is 6.55. The van der Waals surface area contributed by atoms with E-state index in [2.05, 4.69) is 22.7 Å². The van der Waals surface area contributed by atoms with Gasteiger partial charge >= 0.3 is 0 Å². The Kier molecular flexibility index (Phi) is 2.05. The molecule has 0 atom stereocenters. The van der Waals surface area contributed by atoms with Gasteiger partial charge in [-0.3, -0.25) is 0 Å². The van der Waals surface area contributed by atoms with Crippen LogP contribution in [0.25, 0.3) is 0 Å². The maximum Gasteiger partial charge on any atom is 0.139 e. The molecule has 0 saturated carbocycles. The molecule has 0 saturated heterocycles. The normalized spacial score (nSPS) is 9.56. The van der Waals surface area contributed by atoms with Gasteiger partial charge in [0, 0.05) is 11.9 Å². The first-order valence-electron chi connectivity index (χ1n) is 3.00. The highest BCUT2D eigenvalue weighted by atomic mass is 32.1. The van der Waals surface area contributed by atoms with Crippen LogP contribution in [0.2, 0.25) is 0 Å². The summed E-state index contributed by atoms with van der Waals surface area (Å²) in [4.78, 5) is 1.33. The van der Waals surface area contributed by atoms with Crippen molar-refractivity contribution in [3.8, 4) is 0 Å². The van der Waals surface area contributed by atoms with Gasteiger partial charge < -0.3 is 5.32 Å². The summed E-state index contributed by atoms with van der Waals surface area (Å²) in [6.45, 7) is 2.13. The predicted octanol–water partition coefficient (Wildman–Crippen LogP) is 1.75. The third kappa shape index (κ3) is 1.42. The zero-order valence-electron chi connectivity index (χ0n) is 5.64. The Morgan fingerprint density at radius 3 is 2.89 bits per heavy atom. The molecule has 1 rings (SSSR count). The van der Waals surface area contributed by atoms with Crippen LogP contribution in [0.3, 0.4) is 0 Å². The Bertz CT molecular complexity index is 164. The smallest absolute Gasteiger partial charge is 0.139 e. The summed E-state index contributed by atoms with van der Waals surface area (Å²) in [6, 6.07) is 2.07. The number of aromatic nitrogens is 1. The molecule has 1 aromatic heterocycles. The lowest BCUT2D eigenvalue weighted by Gasteiger charge is -1.85. The van der Waals surface area contributed by atoms with Crippen molar-refractivity contribution in [3.63, 3.8) is 0 Å². The molecule has 0 spiro atoms. The summed E-state index contributed by atoms with van der Waals surface area (Å²) in [5.74, 6) is 0.983. The van der Waals surface area contributed by atoms with E-state index in [4.69, 9.17) is 0 Å². The second kappa shape index (κ2) is 2.82. The van der Waals surface area contributed by atoms with Crippen LogP contribution in [0, 0.1) is 0 Å². The molecule has 50 valence electrons. The highest BCUT2D eigenvalue weighted by Crippen LogP contribution is 2.13. The summed E-state index contributed by atoms with van der Waals surface area (Å²) in [5.41, 5.74) is 0. The maximum atomic E-state index is 4.14. The van der Waals surface area contributed by atoms with Crippen LogP contribution in [0.1, 0.15) is 11.8 Å². The molecule has 0 unspecified atom stereocenters. The van der Waals surface area contributed by atoms with Gasteiger partial charge in [0.1, 0.15) is 5.82 Å². The van der Waals surface area contributed by atoms with Gasteiger partial charge in [0.05, 0.1) is 0 Å². The van der Waals surface area contributed by atoms with Gasteiger partial charge in [0.2, 0.25) is 0 Å². The molecule has 0 radical (unpaired) electrons. The predicted molar refractivity (Wildman–Crippen MR) is 41.0 cm³/mol.